The van der Waals surface area contributed by atoms with Gasteiger partial charge in [-0.05, 0) is 6.92 Å². The van der Waals surface area contributed by atoms with Gasteiger partial charge < -0.3 is 14.6 Å². The normalized spacial score (nSPS) is 19.7. The van der Waals surface area contributed by atoms with E-state index in [0.29, 0.717) is 0 Å². The molecule has 1 unspecified atom stereocenters. The van der Waals surface area contributed by atoms with E-state index in [9.17, 15) is 0 Å². The SMILES string of the molecule is Cc1csc(CCn2cncc2C2CNCCO2)n1. The minimum absolute atomic E-state index is 0.120. The number of imidazole rings is 1. The van der Waals surface area contributed by atoms with Crippen molar-refractivity contribution in [1.29, 1.82) is 0 Å². The highest BCUT2D eigenvalue weighted by atomic mass is 32.1. The van der Waals surface area contributed by atoms with Crippen LogP contribution in [0, 0.1) is 6.92 Å². The topological polar surface area (TPSA) is 52.0 Å². The van der Waals surface area contributed by atoms with Gasteiger partial charge >= 0.3 is 0 Å². The lowest BCUT2D eigenvalue weighted by Gasteiger charge is -2.24. The van der Waals surface area contributed by atoms with Gasteiger partial charge in [-0.25, -0.2) is 9.97 Å². The van der Waals surface area contributed by atoms with Gasteiger partial charge in [-0.1, -0.05) is 0 Å². The van der Waals surface area contributed by atoms with Crippen LogP contribution < -0.4 is 5.32 Å². The van der Waals surface area contributed by atoms with Crippen molar-refractivity contribution in [1.82, 2.24) is 19.9 Å². The van der Waals surface area contributed by atoms with Crippen molar-refractivity contribution in [3.05, 3.63) is 34.3 Å². The Morgan fingerprint density at radius 3 is 3.26 bits per heavy atom. The number of ether oxygens (including phenoxy) is 1. The Labute approximate surface area is 116 Å². The first-order valence-electron chi connectivity index (χ1n) is 6.56. The molecule has 0 aliphatic carbocycles. The molecule has 3 rings (SSSR count). The third kappa shape index (κ3) is 3.02. The number of aromatic nitrogens is 3. The highest BCUT2D eigenvalue weighted by molar-refractivity contribution is 7.09. The van der Waals surface area contributed by atoms with Crippen molar-refractivity contribution in [3.8, 4) is 0 Å². The van der Waals surface area contributed by atoms with Gasteiger partial charge in [0.25, 0.3) is 0 Å². The lowest BCUT2D eigenvalue weighted by Crippen LogP contribution is -2.34. The maximum absolute atomic E-state index is 5.78. The fraction of sp³-hybridized carbons (Fsp3) is 0.538. The highest BCUT2D eigenvalue weighted by Crippen LogP contribution is 2.19. The second-order valence-electron chi connectivity index (χ2n) is 4.71. The van der Waals surface area contributed by atoms with Gasteiger partial charge in [0.05, 0.1) is 29.8 Å². The zero-order valence-electron chi connectivity index (χ0n) is 11.0. The summed E-state index contributed by atoms with van der Waals surface area (Å²) >= 11 is 1.72. The highest BCUT2D eigenvalue weighted by Gasteiger charge is 2.19. The van der Waals surface area contributed by atoms with Crippen molar-refractivity contribution in [2.75, 3.05) is 19.7 Å². The van der Waals surface area contributed by atoms with E-state index in [-0.39, 0.29) is 6.10 Å². The van der Waals surface area contributed by atoms with Gasteiger partial charge in [0.15, 0.2) is 0 Å². The Morgan fingerprint density at radius 1 is 1.58 bits per heavy atom. The Morgan fingerprint density at radius 2 is 2.53 bits per heavy atom. The summed E-state index contributed by atoms with van der Waals surface area (Å²) in [5.41, 5.74) is 2.26. The van der Waals surface area contributed by atoms with Crippen LogP contribution in [0.5, 0.6) is 0 Å². The van der Waals surface area contributed by atoms with Crippen LogP contribution in [0.3, 0.4) is 0 Å². The van der Waals surface area contributed by atoms with Gasteiger partial charge in [0.1, 0.15) is 6.10 Å². The zero-order valence-corrected chi connectivity index (χ0v) is 11.8. The molecule has 102 valence electrons. The Kier molecular flexibility index (Phi) is 3.91. The molecule has 1 N–H and O–H groups in total. The van der Waals surface area contributed by atoms with Crippen LogP contribution in [0.4, 0.5) is 0 Å². The van der Waals surface area contributed by atoms with Crippen LogP contribution >= 0.6 is 11.3 Å². The van der Waals surface area contributed by atoms with Crippen LogP contribution in [0.2, 0.25) is 0 Å². The maximum atomic E-state index is 5.78. The van der Waals surface area contributed by atoms with E-state index in [0.717, 1.165) is 44.0 Å². The minimum atomic E-state index is 0.120. The van der Waals surface area contributed by atoms with Crippen LogP contribution in [0.15, 0.2) is 17.9 Å². The molecule has 0 aromatic carbocycles. The monoisotopic (exact) mass is 278 g/mol. The molecule has 1 fully saturated rings. The van der Waals surface area contributed by atoms with Crippen molar-refractivity contribution in [2.24, 2.45) is 0 Å². The number of hydrogen-bond acceptors (Lipinski definition) is 5. The van der Waals surface area contributed by atoms with Crippen molar-refractivity contribution >= 4 is 11.3 Å². The minimum Gasteiger partial charge on any atom is -0.369 e. The Hall–Kier alpha value is -1.24. The fourth-order valence-corrected chi connectivity index (χ4v) is 3.04. The Bertz CT molecular complexity index is 530. The molecule has 0 spiro atoms. The second-order valence-corrected chi connectivity index (χ2v) is 5.65. The maximum Gasteiger partial charge on any atom is 0.111 e. The molecule has 0 amide bonds. The molecule has 2 aromatic heterocycles. The van der Waals surface area contributed by atoms with Crippen molar-refractivity contribution in [2.45, 2.75) is 26.0 Å². The van der Waals surface area contributed by atoms with Gasteiger partial charge in [-0.2, -0.15) is 0 Å². The molecule has 1 aliphatic rings. The van der Waals surface area contributed by atoms with E-state index >= 15 is 0 Å². The van der Waals surface area contributed by atoms with Gasteiger partial charge in [-0.3, -0.25) is 0 Å². The van der Waals surface area contributed by atoms with E-state index in [2.05, 4.69) is 25.2 Å². The summed E-state index contributed by atoms with van der Waals surface area (Å²) in [5, 5.41) is 6.63. The van der Waals surface area contributed by atoms with Gasteiger partial charge in [0.2, 0.25) is 0 Å². The van der Waals surface area contributed by atoms with Crippen LogP contribution in [0.25, 0.3) is 0 Å². The molecule has 2 aromatic rings. The second kappa shape index (κ2) is 5.81. The van der Waals surface area contributed by atoms with E-state index < -0.39 is 0 Å². The average molecular weight is 278 g/mol. The third-order valence-electron chi connectivity index (χ3n) is 3.24. The summed E-state index contributed by atoms with van der Waals surface area (Å²) in [5.74, 6) is 0. The summed E-state index contributed by atoms with van der Waals surface area (Å²) in [6.07, 6.45) is 4.86. The van der Waals surface area contributed by atoms with Crippen LogP contribution in [0.1, 0.15) is 22.5 Å². The van der Waals surface area contributed by atoms with E-state index in [1.54, 1.807) is 11.3 Å². The molecule has 1 atom stereocenters. The van der Waals surface area contributed by atoms with Crippen molar-refractivity contribution < 1.29 is 4.74 Å². The smallest absolute Gasteiger partial charge is 0.111 e. The number of morpholine rings is 1. The fourth-order valence-electron chi connectivity index (χ4n) is 2.27. The molecule has 0 radical (unpaired) electrons. The lowest BCUT2D eigenvalue weighted by atomic mass is 10.2. The molecular weight excluding hydrogens is 260 g/mol. The number of aryl methyl sites for hydroxylation is 3. The predicted molar refractivity (Wildman–Crippen MR) is 74.3 cm³/mol. The van der Waals surface area contributed by atoms with E-state index in [1.807, 2.05) is 19.4 Å². The predicted octanol–water partition coefficient (Wildman–Crippen LogP) is 1.55. The Balaban J connectivity index is 1.66. The first kappa shape index (κ1) is 12.8. The molecule has 6 heteroatoms. The molecule has 3 heterocycles. The van der Waals surface area contributed by atoms with E-state index in [1.165, 1.54) is 5.01 Å². The molecule has 5 nitrogen and oxygen atoms in total. The summed E-state index contributed by atoms with van der Waals surface area (Å²) in [6.45, 7) is 5.50. The average Bonchev–Trinajstić information content (AvgIpc) is 3.06. The first-order valence-corrected chi connectivity index (χ1v) is 7.44. The standard InChI is InChI=1S/C13H18N4OS/c1-10-8-19-13(16-10)2-4-17-9-15-6-11(17)12-7-14-3-5-18-12/h6,8-9,12,14H,2-5,7H2,1H3. The number of nitrogens with one attached hydrogen (secondary N) is 1. The van der Waals surface area contributed by atoms with E-state index in [4.69, 9.17) is 4.74 Å². The van der Waals surface area contributed by atoms with Crippen LogP contribution in [-0.4, -0.2) is 34.2 Å². The number of nitrogens with zero attached hydrogens (tertiary/aromatic N) is 3. The molecule has 0 bridgehead atoms. The van der Waals surface area contributed by atoms with Crippen molar-refractivity contribution in [3.63, 3.8) is 0 Å². The summed E-state index contributed by atoms with van der Waals surface area (Å²) in [6, 6.07) is 0. The quantitative estimate of drug-likeness (QED) is 0.922. The summed E-state index contributed by atoms with van der Waals surface area (Å²) in [4.78, 5) is 8.75. The number of hydrogen-bond donors (Lipinski definition) is 1. The molecule has 1 aliphatic heterocycles. The zero-order chi connectivity index (χ0) is 13.1. The summed E-state index contributed by atoms with van der Waals surface area (Å²) in [7, 11) is 0. The summed E-state index contributed by atoms with van der Waals surface area (Å²) < 4.78 is 7.96. The van der Waals surface area contributed by atoms with Gasteiger partial charge in [0, 0.05) is 37.1 Å². The largest absolute Gasteiger partial charge is 0.369 e. The number of thiazole rings is 1. The molecule has 0 saturated carbocycles. The third-order valence-corrected chi connectivity index (χ3v) is 4.26. The lowest BCUT2D eigenvalue weighted by molar-refractivity contribution is 0.0228. The number of rotatable bonds is 4. The molecular formula is C13H18N4OS. The first-order chi connectivity index (χ1) is 9.33. The van der Waals surface area contributed by atoms with Crippen LogP contribution in [-0.2, 0) is 17.7 Å². The van der Waals surface area contributed by atoms with Gasteiger partial charge in [-0.15, -0.1) is 11.3 Å². The molecule has 1 saturated heterocycles. The molecule has 19 heavy (non-hydrogen) atoms.